The number of ether oxygens (including phenoxy) is 4. The Balaban J connectivity index is 1.53. The van der Waals surface area contributed by atoms with Gasteiger partial charge in [0.2, 0.25) is 6.29 Å². The maximum Gasteiger partial charge on any atom is 0.337 e. The number of hydrogen-bond donors (Lipinski definition) is 3. The van der Waals surface area contributed by atoms with E-state index in [-0.39, 0.29) is 30.1 Å². The SMILES string of the molecule is CCOC1OC(C(=O)NCCc2c[nH]c3ccc(OC)cc23)=CC(c2ccc(C(=O)OC)cc2)C1CCCO. The Bertz CT molecular complexity index is 1300. The average molecular weight is 537 g/mol. The summed E-state index contributed by atoms with van der Waals surface area (Å²) in [5, 5.41) is 13.5. The number of methoxy groups -OCH3 is 2. The van der Waals surface area contributed by atoms with Gasteiger partial charge in [-0.25, -0.2) is 4.79 Å². The summed E-state index contributed by atoms with van der Waals surface area (Å²) in [4.78, 5) is 28.4. The van der Waals surface area contributed by atoms with Crippen LogP contribution in [0, 0.1) is 5.92 Å². The van der Waals surface area contributed by atoms with E-state index in [9.17, 15) is 14.7 Å². The molecule has 3 atom stereocenters. The molecule has 9 heteroatoms. The van der Waals surface area contributed by atoms with Gasteiger partial charge in [0, 0.05) is 48.7 Å². The maximum atomic E-state index is 13.2. The Morgan fingerprint density at radius 3 is 2.62 bits per heavy atom. The molecule has 2 aromatic carbocycles. The zero-order valence-corrected chi connectivity index (χ0v) is 22.6. The summed E-state index contributed by atoms with van der Waals surface area (Å²) in [6, 6.07) is 13.0. The second kappa shape index (κ2) is 13.3. The first-order valence-corrected chi connectivity index (χ1v) is 13.2. The van der Waals surface area contributed by atoms with Crippen molar-refractivity contribution < 1.29 is 33.6 Å². The number of benzene rings is 2. The van der Waals surface area contributed by atoms with Crippen LogP contribution in [0.25, 0.3) is 10.9 Å². The van der Waals surface area contributed by atoms with Gasteiger partial charge in [0.1, 0.15) is 5.75 Å². The molecule has 2 heterocycles. The van der Waals surface area contributed by atoms with Crippen molar-refractivity contribution in [3.63, 3.8) is 0 Å². The maximum absolute atomic E-state index is 13.2. The van der Waals surface area contributed by atoms with Crippen LogP contribution in [0.2, 0.25) is 0 Å². The van der Waals surface area contributed by atoms with Crippen molar-refractivity contribution in [3.05, 3.63) is 77.2 Å². The van der Waals surface area contributed by atoms with Crippen LogP contribution < -0.4 is 10.1 Å². The van der Waals surface area contributed by atoms with Crippen LogP contribution in [-0.2, 0) is 25.4 Å². The van der Waals surface area contributed by atoms with E-state index in [0.717, 1.165) is 27.8 Å². The molecule has 9 nitrogen and oxygen atoms in total. The molecule has 1 amide bonds. The Hall–Kier alpha value is -3.82. The second-order valence-electron chi connectivity index (χ2n) is 9.37. The second-order valence-corrected chi connectivity index (χ2v) is 9.37. The third-order valence-corrected chi connectivity index (χ3v) is 7.01. The highest BCUT2D eigenvalue weighted by Crippen LogP contribution is 2.39. The lowest BCUT2D eigenvalue weighted by atomic mass is 9.80. The van der Waals surface area contributed by atoms with E-state index in [4.69, 9.17) is 18.9 Å². The molecule has 4 rings (SSSR count). The minimum absolute atomic E-state index is 0.0418. The summed E-state index contributed by atoms with van der Waals surface area (Å²) in [5.74, 6) is -0.113. The van der Waals surface area contributed by atoms with Gasteiger partial charge in [0.05, 0.1) is 19.8 Å². The Kier molecular flexibility index (Phi) is 9.62. The van der Waals surface area contributed by atoms with Gasteiger partial charge >= 0.3 is 5.97 Å². The number of carbonyl (C=O) groups is 2. The van der Waals surface area contributed by atoms with Crippen LogP contribution in [0.4, 0.5) is 0 Å². The van der Waals surface area contributed by atoms with E-state index in [2.05, 4.69) is 10.3 Å². The number of aromatic amines is 1. The van der Waals surface area contributed by atoms with Crippen LogP contribution in [0.5, 0.6) is 5.75 Å². The fourth-order valence-corrected chi connectivity index (χ4v) is 4.99. The van der Waals surface area contributed by atoms with E-state index in [1.165, 1.54) is 7.11 Å². The molecule has 0 spiro atoms. The first-order chi connectivity index (χ1) is 19.0. The number of H-pyrrole nitrogens is 1. The van der Waals surface area contributed by atoms with E-state index in [0.29, 0.717) is 38.0 Å². The predicted octanol–water partition coefficient (Wildman–Crippen LogP) is 4.07. The van der Waals surface area contributed by atoms with Crippen molar-refractivity contribution in [2.75, 3.05) is 34.0 Å². The number of rotatable bonds is 12. The van der Waals surface area contributed by atoms with E-state index < -0.39 is 12.3 Å². The van der Waals surface area contributed by atoms with Crippen molar-refractivity contribution in [2.45, 2.75) is 38.4 Å². The van der Waals surface area contributed by atoms with Gasteiger partial charge in [0.25, 0.3) is 5.91 Å². The molecule has 0 bridgehead atoms. The lowest BCUT2D eigenvalue weighted by molar-refractivity contribution is -0.166. The van der Waals surface area contributed by atoms with Crippen molar-refractivity contribution in [2.24, 2.45) is 5.92 Å². The molecule has 3 N–H and O–H groups in total. The minimum Gasteiger partial charge on any atom is -0.497 e. The molecule has 0 saturated heterocycles. The zero-order valence-electron chi connectivity index (χ0n) is 22.6. The Labute approximate surface area is 228 Å². The van der Waals surface area contributed by atoms with Gasteiger partial charge in [-0.3, -0.25) is 4.79 Å². The number of aliphatic hydroxyl groups is 1. The lowest BCUT2D eigenvalue weighted by Crippen LogP contribution is -2.39. The number of carbonyl (C=O) groups excluding carboxylic acids is 2. The molecule has 0 radical (unpaired) electrons. The Morgan fingerprint density at radius 1 is 1.13 bits per heavy atom. The topological polar surface area (TPSA) is 119 Å². The number of hydrogen-bond acceptors (Lipinski definition) is 7. The highest BCUT2D eigenvalue weighted by atomic mass is 16.7. The normalized spacial score (nSPS) is 18.8. The van der Waals surface area contributed by atoms with Crippen LogP contribution >= 0.6 is 0 Å². The van der Waals surface area contributed by atoms with Crippen molar-refractivity contribution >= 4 is 22.8 Å². The minimum atomic E-state index is -0.654. The van der Waals surface area contributed by atoms with E-state index in [1.54, 1.807) is 19.2 Å². The molecule has 3 unspecified atom stereocenters. The Morgan fingerprint density at radius 2 is 1.92 bits per heavy atom. The summed E-state index contributed by atoms with van der Waals surface area (Å²) in [5.41, 5.74) is 3.43. The van der Waals surface area contributed by atoms with E-state index >= 15 is 0 Å². The standard InChI is InChI=1S/C30H36N2O7/c1-4-38-30-23(6-5-15-33)24(19-7-9-20(10-8-19)29(35)37-3)17-27(39-30)28(34)31-14-13-21-18-32-26-12-11-22(36-2)16-25(21)26/h7-12,16-18,23-24,30,32-33H,4-6,13-15H2,1-3H3,(H,31,34). The van der Waals surface area contributed by atoms with Gasteiger partial charge < -0.3 is 34.4 Å². The van der Waals surface area contributed by atoms with Crippen molar-refractivity contribution in [3.8, 4) is 5.75 Å². The molecule has 3 aromatic rings. The van der Waals surface area contributed by atoms with Crippen LogP contribution in [-0.4, -0.2) is 62.2 Å². The summed E-state index contributed by atoms with van der Waals surface area (Å²) in [6.45, 7) is 2.74. The lowest BCUT2D eigenvalue weighted by Gasteiger charge is -2.37. The highest BCUT2D eigenvalue weighted by molar-refractivity contribution is 5.92. The largest absolute Gasteiger partial charge is 0.497 e. The summed E-state index contributed by atoms with van der Waals surface area (Å²) < 4.78 is 22.1. The number of nitrogens with one attached hydrogen (secondary N) is 2. The average Bonchev–Trinajstić information content (AvgIpc) is 3.37. The molecule has 0 fully saturated rings. The molecule has 208 valence electrons. The van der Waals surface area contributed by atoms with Crippen LogP contribution in [0.1, 0.15) is 47.2 Å². The van der Waals surface area contributed by atoms with Gasteiger partial charge in [-0.1, -0.05) is 12.1 Å². The molecule has 1 aliphatic heterocycles. The monoisotopic (exact) mass is 536 g/mol. The highest BCUT2D eigenvalue weighted by Gasteiger charge is 2.37. The summed E-state index contributed by atoms with van der Waals surface area (Å²) in [6.07, 6.45) is 4.94. The number of aliphatic hydroxyl groups excluding tert-OH is 1. The first kappa shape index (κ1) is 28.2. The molecule has 1 aliphatic rings. The number of aromatic nitrogens is 1. The molecule has 0 aliphatic carbocycles. The van der Waals surface area contributed by atoms with Gasteiger partial charge in [0.15, 0.2) is 5.76 Å². The fraction of sp³-hybridized carbons (Fsp3) is 0.400. The summed E-state index contributed by atoms with van der Waals surface area (Å²) >= 11 is 0. The number of allylic oxidation sites excluding steroid dienone is 1. The smallest absolute Gasteiger partial charge is 0.337 e. The van der Waals surface area contributed by atoms with Crippen molar-refractivity contribution in [1.82, 2.24) is 10.3 Å². The van der Waals surface area contributed by atoms with Crippen molar-refractivity contribution in [1.29, 1.82) is 0 Å². The molecule has 0 saturated carbocycles. The van der Waals surface area contributed by atoms with E-state index in [1.807, 2.05) is 49.5 Å². The molecular formula is C30H36N2O7. The molecule has 1 aromatic heterocycles. The zero-order chi connectivity index (χ0) is 27.8. The van der Waals surface area contributed by atoms with Gasteiger partial charge in [-0.15, -0.1) is 0 Å². The summed E-state index contributed by atoms with van der Waals surface area (Å²) in [7, 11) is 2.98. The third kappa shape index (κ3) is 6.61. The quantitative estimate of drug-likeness (QED) is 0.299. The fourth-order valence-electron chi connectivity index (χ4n) is 4.99. The van der Waals surface area contributed by atoms with Crippen LogP contribution in [0.15, 0.2) is 60.5 Å². The number of amides is 1. The number of fused-ring (bicyclic) bond motifs is 1. The first-order valence-electron chi connectivity index (χ1n) is 13.2. The van der Waals surface area contributed by atoms with Crippen LogP contribution in [0.3, 0.4) is 0 Å². The third-order valence-electron chi connectivity index (χ3n) is 7.01. The predicted molar refractivity (Wildman–Crippen MR) is 146 cm³/mol. The number of esters is 1. The molecular weight excluding hydrogens is 500 g/mol. The van der Waals surface area contributed by atoms with Gasteiger partial charge in [-0.2, -0.15) is 0 Å². The van der Waals surface area contributed by atoms with Gasteiger partial charge in [-0.05, 0) is 73.7 Å². The molecule has 39 heavy (non-hydrogen) atoms.